The lowest BCUT2D eigenvalue weighted by Crippen LogP contribution is -2.12. The van der Waals surface area contributed by atoms with Crippen LogP contribution in [0.25, 0.3) is 11.4 Å². The molecule has 88 valence electrons. The summed E-state index contributed by atoms with van der Waals surface area (Å²) in [7, 11) is 1.96. The zero-order valence-electron chi connectivity index (χ0n) is 9.73. The van der Waals surface area contributed by atoms with Crippen LogP contribution in [0.3, 0.4) is 0 Å². The van der Waals surface area contributed by atoms with E-state index in [4.69, 9.17) is 0 Å². The smallest absolute Gasteiger partial charge is 0.141 e. The van der Waals surface area contributed by atoms with Gasteiger partial charge in [0, 0.05) is 18.7 Å². The van der Waals surface area contributed by atoms with Crippen molar-refractivity contribution in [3.63, 3.8) is 0 Å². The molecule has 2 aromatic rings. The first kappa shape index (κ1) is 10.4. The van der Waals surface area contributed by atoms with Gasteiger partial charge in [-0.15, -0.1) is 0 Å². The van der Waals surface area contributed by atoms with Crippen LogP contribution in [0.4, 0.5) is 4.39 Å². The Bertz CT molecular complexity index is 526. The third kappa shape index (κ3) is 1.84. The maximum atomic E-state index is 12.8. The molecule has 1 aliphatic carbocycles. The molecule has 1 saturated carbocycles. The molecule has 1 aliphatic rings. The lowest BCUT2D eigenvalue weighted by molar-refractivity contribution is 0.397. The average Bonchev–Trinajstić information content (AvgIpc) is 2.60. The van der Waals surface area contributed by atoms with E-state index in [0.717, 1.165) is 11.4 Å². The van der Waals surface area contributed by atoms with E-state index in [1.165, 1.54) is 37.2 Å². The van der Waals surface area contributed by atoms with Crippen LogP contribution in [0.15, 0.2) is 24.4 Å². The number of pyridine rings is 1. The molecule has 0 unspecified atom stereocenters. The Morgan fingerprint density at radius 1 is 1.29 bits per heavy atom. The van der Waals surface area contributed by atoms with Crippen molar-refractivity contribution in [2.75, 3.05) is 0 Å². The molecule has 0 atom stereocenters. The predicted octanol–water partition coefficient (Wildman–Crippen LogP) is 2.89. The van der Waals surface area contributed by atoms with Crippen LogP contribution in [0.2, 0.25) is 0 Å². The molecule has 0 aromatic carbocycles. The first-order chi connectivity index (χ1) is 8.24. The van der Waals surface area contributed by atoms with Crippen LogP contribution in [0, 0.1) is 5.82 Å². The van der Waals surface area contributed by atoms with Crippen LogP contribution in [0.5, 0.6) is 0 Å². The summed E-state index contributed by atoms with van der Waals surface area (Å²) in [5.74, 6) is 0.325. The molecule has 0 N–H and O–H groups in total. The maximum absolute atomic E-state index is 12.8. The minimum atomic E-state index is -0.316. The van der Waals surface area contributed by atoms with Gasteiger partial charge < -0.3 is 0 Å². The molecule has 0 saturated heterocycles. The Morgan fingerprint density at radius 2 is 2.12 bits per heavy atom. The number of aromatic nitrogens is 3. The summed E-state index contributed by atoms with van der Waals surface area (Å²) in [4.78, 5) is 4.06. The van der Waals surface area contributed by atoms with E-state index in [0.29, 0.717) is 5.92 Å². The van der Waals surface area contributed by atoms with Crippen molar-refractivity contribution in [3.8, 4) is 11.4 Å². The second kappa shape index (κ2) is 3.95. The molecule has 1 fully saturated rings. The SMILES string of the molecule is Cn1nc(-c2ccc(F)cn2)cc1C1CCC1. The van der Waals surface area contributed by atoms with Crippen molar-refractivity contribution in [3.05, 3.63) is 35.9 Å². The molecule has 0 bridgehead atoms. The van der Waals surface area contributed by atoms with E-state index in [1.807, 2.05) is 11.7 Å². The van der Waals surface area contributed by atoms with Gasteiger partial charge in [0.25, 0.3) is 0 Å². The molecule has 3 nitrogen and oxygen atoms in total. The topological polar surface area (TPSA) is 30.7 Å². The fraction of sp³-hybridized carbons (Fsp3) is 0.385. The molecule has 3 rings (SSSR count). The highest BCUT2D eigenvalue weighted by Gasteiger charge is 2.23. The minimum Gasteiger partial charge on any atom is -0.272 e. The number of nitrogens with zero attached hydrogens (tertiary/aromatic N) is 3. The van der Waals surface area contributed by atoms with Crippen LogP contribution < -0.4 is 0 Å². The zero-order valence-corrected chi connectivity index (χ0v) is 9.73. The second-order valence-corrected chi connectivity index (χ2v) is 4.57. The van der Waals surface area contributed by atoms with Gasteiger partial charge in [-0.1, -0.05) is 6.42 Å². The lowest BCUT2D eigenvalue weighted by Gasteiger charge is -2.25. The van der Waals surface area contributed by atoms with E-state index in [-0.39, 0.29) is 5.82 Å². The second-order valence-electron chi connectivity index (χ2n) is 4.57. The van der Waals surface area contributed by atoms with E-state index in [1.54, 1.807) is 6.07 Å². The third-order valence-corrected chi connectivity index (χ3v) is 3.43. The maximum Gasteiger partial charge on any atom is 0.141 e. The van der Waals surface area contributed by atoms with Crippen molar-refractivity contribution in [2.45, 2.75) is 25.2 Å². The number of halogens is 1. The zero-order chi connectivity index (χ0) is 11.8. The fourth-order valence-electron chi connectivity index (χ4n) is 2.22. The van der Waals surface area contributed by atoms with E-state index in [2.05, 4.69) is 16.1 Å². The third-order valence-electron chi connectivity index (χ3n) is 3.43. The summed E-state index contributed by atoms with van der Waals surface area (Å²) < 4.78 is 14.7. The van der Waals surface area contributed by atoms with Crippen LogP contribution >= 0.6 is 0 Å². The van der Waals surface area contributed by atoms with Crippen molar-refractivity contribution in [1.29, 1.82) is 0 Å². The Morgan fingerprint density at radius 3 is 2.71 bits per heavy atom. The Hall–Kier alpha value is -1.71. The Labute approximate surface area is 99.3 Å². The predicted molar refractivity (Wildman–Crippen MR) is 63.0 cm³/mol. The monoisotopic (exact) mass is 231 g/mol. The van der Waals surface area contributed by atoms with Gasteiger partial charge in [0.1, 0.15) is 11.5 Å². The van der Waals surface area contributed by atoms with Gasteiger partial charge in [0.15, 0.2) is 0 Å². The molecule has 2 heterocycles. The molecular formula is C13H14FN3. The summed E-state index contributed by atoms with van der Waals surface area (Å²) in [5, 5.41) is 4.45. The van der Waals surface area contributed by atoms with Gasteiger partial charge in [-0.3, -0.25) is 9.67 Å². The van der Waals surface area contributed by atoms with Gasteiger partial charge in [-0.05, 0) is 31.0 Å². The minimum absolute atomic E-state index is 0.316. The van der Waals surface area contributed by atoms with Crippen molar-refractivity contribution < 1.29 is 4.39 Å². The molecule has 0 spiro atoms. The number of hydrogen-bond acceptors (Lipinski definition) is 2. The van der Waals surface area contributed by atoms with E-state index < -0.39 is 0 Å². The first-order valence-electron chi connectivity index (χ1n) is 5.90. The van der Waals surface area contributed by atoms with Gasteiger partial charge in [0.2, 0.25) is 0 Å². The molecule has 17 heavy (non-hydrogen) atoms. The van der Waals surface area contributed by atoms with E-state index >= 15 is 0 Å². The molecule has 2 aromatic heterocycles. The van der Waals surface area contributed by atoms with Crippen LogP contribution in [-0.2, 0) is 7.05 Å². The summed E-state index contributed by atoms with van der Waals surface area (Å²) in [6, 6.07) is 5.16. The van der Waals surface area contributed by atoms with Crippen LogP contribution in [0.1, 0.15) is 30.9 Å². The largest absolute Gasteiger partial charge is 0.272 e. The molecule has 0 amide bonds. The molecular weight excluding hydrogens is 217 g/mol. The fourth-order valence-corrected chi connectivity index (χ4v) is 2.22. The summed E-state index contributed by atoms with van der Waals surface area (Å²) in [6.07, 6.45) is 5.03. The molecule has 0 aliphatic heterocycles. The molecule has 0 radical (unpaired) electrons. The summed E-state index contributed by atoms with van der Waals surface area (Å²) >= 11 is 0. The van der Waals surface area contributed by atoms with E-state index in [9.17, 15) is 4.39 Å². The van der Waals surface area contributed by atoms with Gasteiger partial charge in [-0.25, -0.2) is 4.39 Å². The van der Waals surface area contributed by atoms with Gasteiger partial charge in [0.05, 0.1) is 11.9 Å². The Balaban J connectivity index is 1.95. The average molecular weight is 231 g/mol. The van der Waals surface area contributed by atoms with Crippen molar-refractivity contribution >= 4 is 0 Å². The van der Waals surface area contributed by atoms with Crippen molar-refractivity contribution in [1.82, 2.24) is 14.8 Å². The highest BCUT2D eigenvalue weighted by atomic mass is 19.1. The standard InChI is InChI=1S/C13H14FN3/c1-17-13(9-3-2-4-9)7-12(16-17)11-6-5-10(14)8-15-11/h5-9H,2-4H2,1H3. The quantitative estimate of drug-likeness (QED) is 0.795. The lowest BCUT2D eigenvalue weighted by atomic mass is 9.83. The van der Waals surface area contributed by atoms with Crippen LogP contribution in [-0.4, -0.2) is 14.8 Å². The Kier molecular flexibility index (Phi) is 2.42. The summed E-state index contributed by atoms with van der Waals surface area (Å²) in [6.45, 7) is 0. The van der Waals surface area contributed by atoms with Gasteiger partial charge in [-0.2, -0.15) is 5.10 Å². The number of rotatable bonds is 2. The number of aryl methyl sites for hydroxylation is 1. The van der Waals surface area contributed by atoms with Gasteiger partial charge >= 0.3 is 0 Å². The highest BCUT2D eigenvalue weighted by molar-refractivity contribution is 5.54. The highest BCUT2D eigenvalue weighted by Crippen LogP contribution is 2.37. The number of hydrogen-bond donors (Lipinski definition) is 0. The normalized spacial score (nSPS) is 15.9. The summed E-state index contributed by atoms with van der Waals surface area (Å²) in [5.41, 5.74) is 2.82. The first-order valence-corrected chi connectivity index (χ1v) is 5.90. The van der Waals surface area contributed by atoms with Crippen molar-refractivity contribution in [2.24, 2.45) is 7.05 Å². The molecule has 4 heteroatoms.